The Morgan fingerprint density at radius 3 is 2.88 bits per heavy atom. The van der Waals surface area contributed by atoms with E-state index in [2.05, 4.69) is 20.4 Å². The molecule has 0 radical (unpaired) electrons. The molecule has 1 heterocycles. The van der Waals surface area contributed by atoms with Gasteiger partial charge in [0.15, 0.2) is 6.29 Å². The average Bonchev–Trinajstić information content (AvgIpc) is 2.28. The Balaban J connectivity index is 2.43. The van der Waals surface area contributed by atoms with Crippen molar-refractivity contribution in [2.24, 2.45) is 0 Å². The highest BCUT2D eigenvalue weighted by molar-refractivity contribution is 4.85. The van der Waals surface area contributed by atoms with Crippen LogP contribution in [0.2, 0.25) is 0 Å². The molecule has 2 atom stereocenters. The van der Waals surface area contributed by atoms with Gasteiger partial charge >= 0.3 is 0 Å². The predicted molar refractivity (Wildman–Crippen MR) is 67.4 cm³/mol. The zero-order valence-electron chi connectivity index (χ0n) is 10.8. The molecule has 1 fully saturated rings. The summed E-state index contributed by atoms with van der Waals surface area (Å²) in [6.07, 6.45) is 9.82. The molecule has 0 N–H and O–H groups in total. The molecule has 0 aromatic heterocycles. The molecular formula is C14H26O2. The Labute approximate surface area is 100 Å². The van der Waals surface area contributed by atoms with E-state index in [-0.39, 0.29) is 11.9 Å². The van der Waals surface area contributed by atoms with Crippen LogP contribution in [0.5, 0.6) is 0 Å². The first-order valence-electron chi connectivity index (χ1n) is 6.60. The molecule has 16 heavy (non-hydrogen) atoms. The molecule has 0 spiro atoms. The van der Waals surface area contributed by atoms with Crippen molar-refractivity contribution >= 4 is 0 Å². The zero-order chi connectivity index (χ0) is 11.9. The maximum atomic E-state index is 6.13. The molecule has 1 aliphatic heterocycles. The number of ether oxygens (including phenoxy) is 2. The minimum absolute atomic E-state index is 0.00977. The summed E-state index contributed by atoms with van der Waals surface area (Å²) in [7, 11) is 0. The molecule has 0 bridgehead atoms. The molecule has 1 rings (SSSR count). The fraction of sp³-hybridized carbons (Fsp3) is 0.857. The Morgan fingerprint density at radius 2 is 2.31 bits per heavy atom. The smallest absolute Gasteiger partial charge is 0.158 e. The van der Waals surface area contributed by atoms with E-state index >= 15 is 0 Å². The van der Waals surface area contributed by atoms with E-state index in [0.717, 1.165) is 25.9 Å². The van der Waals surface area contributed by atoms with Gasteiger partial charge in [-0.2, -0.15) is 0 Å². The molecule has 0 aromatic rings. The molecular weight excluding hydrogens is 200 g/mol. The third-order valence-electron chi connectivity index (χ3n) is 3.19. The largest absolute Gasteiger partial charge is 0.353 e. The third-order valence-corrected chi connectivity index (χ3v) is 3.19. The van der Waals surface area contributed by atoms with E-state index < -0.39 is 0 Å². The van der Waals surface area contributed by atoms with Crippen LogP contribution in [0.4, 0.5) is 0 Å². The summed E-state index contributed by atoms with van der Waals surface area (Å²) in [6.45, 7) is 9.07. The molecule has 2 nitrogen and oxygen atoms in total. The first kappa shape index (κ1) is 13.7. The molecule has 0 aromatic carbocycles. The van der Waals surface area contributed by atoms with Crippen LogP contribution >= 0.6 is 0 Å². The van der Waals surface area contributed by atoms with Gasteiger partial charge in [-0.05, 0) is 39.0 Å². The SMILES string of the molecule is C=CCC(C)(CCCC)OC1CCCCO1. The summed E-state index contributed by atoms with van der Waals surface area (Å²) in [6, 6.07) is 0. The summed E-state index contributed by atoms with van der Waals surface area (Å²) in [4.78, 5) is 0. The summed E-state index contributed by atoms with van der Waals surface area (Å²) in [5.41, 5.74) is -0.0836. The first-order valence-corrected chi connectivity index (χ1v) is 6.60. The Morgan fingerprint density at radius 1 is 1.50 bits per heavy atom. The van der Waals surface area contributed by atoms with E-state index in [1.807, 2.05) is 6.08 Å². The lowest BCUT2D eigenvalue weighted by molar-refractivity contribution is -0.221. The van der Waals surface area contributed by atoms with E-state index in [9.17, 15) is 0 Å². The number of hydrogen-bond donors (Lipinski definition) is 0. The minimum Gasteiger partial charge on any atom is -0.353 e. The van der Waals surface area contributed by atoms with Crippen molar-refractivity contribution in [1.29, 1.82) is 0 Å². The minimum atomic E-state index is -0.0836. The van der Waals surface area contributed by atoms with Crippen LogP contribution < -0.4 is 0 Å². The van der Waals surface area contributed by atoms with Crippen LogP contribution in [0, 0.1) is 0 Å². The highest BCUT2D eigenvalue weighted by Gasteiger charge is 2.28. The predicted octanol–water partition coefficient (Wildman–Crippen LogP) is 4.05. The summed E-state index contributed by atoms with van der Waals surface area (Å²) in [5.74, 6) is 0. The molecule has 2 unspecified atom stereocenters. The van der Waals surface area contributed by atoms with Crippen molar-refractivity contribution in [2.45, 2.75) is 70.7 Å². The molecule has 0 saturated carbocycles. The maximum Gasteiger partial charge on any atom is 0.158 e. The van der Waals surface area contributed by atoms with Crippen molar-refractivity contribution in [3.05, 3.63) is 12.7 Å². The highest BCUT2D eigenvalue weighted by atomic mass is 16.7. The first-order chi connectivity index (χ1) is 7.70. The second-order valence-corrected chi connectivity index (χ2v) is 4.96. The second-order valence-electron chi connectivity index (χ2n) is 4.96. The maximum absolute atomic E-state index is 6.13. The van der Waals surface area contributed by atoms with Crippen LogP contribution in [-0.2, 0) is 9.47 Å². The highest BCUT2D eigenvalue weighted by Crippen LogP contribution is 2.28. The third kappa shape index (κ3) is 4.67. The number of unbranched alkanes of at least 4 members (excludes halogenated alkanes) is 1. The molecule has 2 heteroatoms. The van der Waals surface area contributed by atoms with Gasteiger partial charge in [0, 0.05) is 6.61 Å². The lowest BCUT2D eigenvalue weighted by atomic mass is 9.95. The topological polar surface area (TPSA) is 18.5 Å². The van der Waals surface area contributed by atoms with Crippen LogP contribution in [0.3, 0.4) is 0 Å². The van der Waals surface area contributed by atoms with Crippen LogP contribution in [0.1, 0.15) is 58.8 Å². The Bertz CT molecular complexity index is 197. The van der Waals surface area contributed by atoms with E-state index in [1.165, 1.54) is 25.7 Å². The summed E-state index contributed by atoms with van der Waals surface area (Å²) in [5, 5.41) is 0. The normalized spacial score (nSPS) is 25.0. The van der Waals surface area contributed by atoms with E-state index in [0.29, 0.717) is 0 Å². The molecule has 94 valence electrons. The van der Waals surface area contributed by atoms with Crippen molar-refractivity contribution in [2.75, 3.05) is 6.61 Å². The Kier molecular flexibility index (Phi) is 6.07. The van der Waals surface area contributed by atoms with Gasteiger partial charge in [-0.1, -0.05) is 25.8 Å². The molecule has 1 aliphatic rings. The quantitative estimate of drug-likeness (QED) is 0.610. The van der Waals surface area contributed by atoms with Gasteiger partial charge in [-0.15, -0.1) is 6.58 Å². The summed E-state index contributed by atoms with van der Waals surface area (Å²) < 4.78 is 11.8. The lowest BCUT2D eigenvalue weighted by Gasteiger charge is -2.35. The van der Waals surface area contributed by atoms with Crippen molar-refractivity contribution in [3.63, 3.8) is 0 Å². The standard InChI is InChI=1S/C14H26O2/c1-4-6-11-14(3,10-5-2)16-13-9-7-8-12-15-13/h5,13H,2,4,6-12H2,1,3H3. The monoisotopic (exact) mass is 226 g/mol. The van der Waals surface area contributed by atoms with Crippen LogP contribution in [0.25, 0.3) is 0 Å². The van der Waals surface area contributed by atoms with E-state index in [1.54, 1.807) is 0 Å². The van der Waals surface area contributed by atoms with Gasteiger partial charge in [0.2, 0.25) is 0 Å². The van der Waals surface area contributed by atoms with Crippen molar-refractivity contribution in [1.82, 2.24) is 0 Å². The van der Waals surface area contributed by atoms with Gasteiger partial charge in [0.1, 0.15) is 0 Å². The summed E-state index contributed by atoms with van der Waals surface area (Å²) >= 11 is 0. The van der Waals surface area contributed by atoms with Gasteiger partial charge in [0.05, 0.1) is 5.60 Å². The van der Waals surface area contributed by atoms with Gasteiger partial charge in [-0.3, -0.25) is 0 Å². The van der Waals surface area contributed by atoms with Crippen molar-refractivity contribution < 1.29 is 9.47 Å². The van der Waals surface area contributed by atoms with Gasteiger partial charge in [-0.25, -0.2) is 0 Å². The fourth-order valence-corrected chi connectivity index (χ4v) is 2.19. The average molecular weight is 226 g/mol. The second kappa shape index (κ2) is 7.08. The van der Waals surface area contributed by atoms with Gasteiger partial charge in [0.25, 0.3) is 0 Å². The molecule has 0 amide bonds. The van der Waals surface area contributed by atoms with Crippen LogP contribution in [0.15, 0.2) is 12.7 Å². The molecule has 1 saturated heterocycles. The van der Waals surface area contributed by atoms with E-state index in [4.69, 9.17) is 9.47 Å². The lowest BCUT2D eigenvalue weighted by Crippen LogP contribution is -2.36. The van der Waals surface area contributed by atoms with Gasteiger partial charge < -0.3 is 9.47 Å². The van der Waals surface area contributed by atoms with Crippen LogP contribution in [-0.4, -0.2) is 18.5 Å². The number of hydrogen-bond acceptors (Lipinski definition) is 2. The fourth-order valence-electron chi connectivity index (χ4n) is 2.19. The van der Waals surface area contributed by atoms with Crippen molar-refractivity contribution in [3.8, 4) is 0 Å². The zero-order valence-corrected chi connectivity index (χ0v) is 10.8. The Hall–Kier alpha value is -0.340. The number of rotatable bonds is 7. The molecule has 0 aliphatic carbocycles.